The van der Waals surface area contributed by atoms with Gasteiger partial charge in [-0.05, 0) is 6.92 Å². The molecule has 1 N–H and O–H groups in total. The van der Waals surface area contributed by atoms with Crippen molar-refractivity contribution < 1.29 is 18.0 Å². The first-order chi connectivity index (χ1) is 6.80. The normalized spacial score (nSPS) is 13.7. The summed E-state index contributed by atoms with van der Waals surface area (Å²) in [6, 6.07) is 0. The standard InChI is InChI=1S/C6H5ClF3N3OS/c1-2(7)3(14)11-5-13-12-4(15-5)6(8,9)10/h2H,1H3,(H,11,13,14). The number of nitrogens with one attached hydrogen (secondary N) is 1. The van der Waals surface area contributed by atoms with Gasteiger partial charge < -0.3 is 0 Å². The largest absolute Gasteiger partial charge is 0.445 e. The van der Waals surface area contributed by atoms with Gasteiger partial charge in [-0.15, -0.1) is 21.8 Å². The monoisotopic (exact) mass is 259 g/mol. The van der Waals surface area contributed by atoms with Crippen molar-refractivity contribution in [3.8, 4) is 0 Å². The minimum atomic E-state index is -4.55. The molecule has 15 heavy (non-hydrogen) atoms. The Labute approximate surface area is 91.5 Å². The van der Waals surface area contributed by atoms with Crippen molar-refractivity contribution in [2.75, 3.05) is 5.32 Å². The van der Waals surface area contributed by atoms with Crippen molar-refractivity contribution in [2.24, 2.45) is 0 Å². The van der Waals surface area contributed by atoms with E-state index in [0.29, 0.717) is 0 Å². The van der Waals surface area contributed by atoms with Crippen LogP contribution in [0.15, 0.2) is 0 Å². The average molecular weight is 260 g/mol. The van der Waals surface area contributed by atoms with Crippen molar-refractivity contribution in [1.29, 1.82) is 0 Å². The fourth-order valence-electron chi connectivity index (χ4n) is 0.593. The zero-order valence-electron chi connectivity index (χ0n) is 7.30. The van der Waals surface area contributed by atoms with Crippen LogP contribution in [0.1, 0.15) is 11.9 Å². The lowest BCUT2D eigenvalue weighted by atomic mass is 10.4. The van der Waals surface area contributed by atoms with Crippen LogP contribution in [0.25, 0.3) is 0 Å². The van der Waals surface area contributed by atoms with Crippen molar-refractivity contribution in [3.63, 3.8) is 0 Å². The first-order valence-electron chi connectivity index (χ1n) is 3.66. The molecule has 1 aromatic rings. The highest BCUT2D eigenvalue weighted by atomic mass is 35.5. The molecule has 0 bridgehead atoms. The summed E-state index contributed by atoms with van der Waals surface area (Å²) >= 11 is 5.64. The maximum Gasteiger partial charge on any atom is 0.445 e. The smallest absolute Gasteiger partial charge is 0.299 e. The zero-order chi connectivity index (χ0) is 11.6. The van der Waals surface area contributed by atoms with Crippen LogP contribution in [0.5, 0.6) is 0 Å². The van der Waals surface area contributed by atoms with E-state index in [1.54, 1.807) is 0 Å². The lowest BCUT2D eigenvalue weighted by Gasteiger charge is -2.01. The Morgan fingerprint density at radius 3 is 2.53 bits per heavy atom. The van der Waals surface area contributed by atoms with Crippen LogP contribution in [0.2, 0.25) is 0 Å². The molecule has 1 rings (SSSR count). The molecule has 0 aromatic carbocycles. The van der Waals surface area contributed by atoms with Crippen LogP contribution in [-0.2, 0) is 11.0 Å². The second kappa shape index (κ2) is 4.31. The summed E-state index contributed by atoms with van der Waals surface area (Å²) in [7, 11) is 0. The summed E-state index contributed by atoms with van der Waals surface area (Å²) in [6.07, 6.45) is -4.55. The van der Waals surface area contributed by atoms with Crippen LogP contribution >= 0.6 is 22.9 Å². The Morgan fingerprint density at radius 2 is 2.13 bits per heavy atom. The summed E-state index contributed by atoms with van der Waals surface area (Å²) in [5.74, 6) is -0.624. The van der Waals surface area contributed by atoms with E-state index in [-0.39, 0.29) is 16.5 Å². The Morgan fingerprint density at radius 1 is 1.53 bits per heavy atom. The van der Waals surface area contributed by atoms with Crippen molar-refractivity contribution >= 4 is 34.0 Å². The number of carbonyl (C=O) groups is 1. The molecular weight excluding hydrogens is 255 g/mol. The number of anilines is 1. The van der Waals surface area contributed by atoms with Gasteiger partial charge in [-0.3, -0.25) is 10.1 Å². The predicted molar refractivity (Wildman–Crippen MR) is 48.9 cm³/mol. The quantitative estimate of drug-likeness (QED) is 0.828. The van der Waals surface area contributed by atoms with Crippen LogP contribution < -0.4 is 5.32 Å². The Bertz CT molecular complexity index is 365. The van der Waals surface area contributed by atoms with Gasteiger partial charge in [0.25, 0.3) is 0 Å². The number of amides is 1. The van der Waals surface area contributed by atoms with Crippen LogP contribution in [-0.4, -0.2) is 21.5 Å². The van der Waals surface area contributed by atoms with Gasteiger partial charge >= 0.3 is 6.18 Å². The maximum atomic E-state index is 12.1. The molecular formula is C6H5ClF3N3OS. The SMILES string of the molecule is CC(Cl)C(=O)Nc1nnc(C(F)(F)F)s1. The van der Waals surface area contributed by atoms with E-state index in [2.05, 4.69) is 15.5 Å². The van der Waals surface area contributed by atoms with E-state index in [4.69, 9.17) is 11.6 Å². The van der Waals surface area contributed by atoms with Crippen molar-refractivity contribution in [3.05, 3.63) is 5.01 Å². The second-order valence-corrected chi connectivity index (χ2v) is 4.15. The molecule has 4 nitrogen and oxygen atoms in total. The molecule has 0 aliphatic rings. The molecule has 1 aromatic heterocycles. The summed E-state index contributed by atoms with van der Waals surface area (Å²) < 4.78 is 36.2. The molecule has 0 fully saturated rings. The summed E-state index contributed by atoms with van der Waals surface area (Å²) in [6.45, 7) is 1.39. The topological polar surface area (TPSA) is 54.9 Å². The number of rotatable bonds is 2. The van der Waals surface area contributed by atoms with E-state index in [1.807, 2.05) is 0 Å². The lowest BCUT2D eigenvalue weighted by molar-refractivity contribution is -0.138. The van der Waals surface area contributed by atoms with E-state index < -0.39 is 22.5 Å². The number of aromatic nitrogens is 2. The Hall–Kier alpha value is -0.890. The summed E-state index contributed by atoms with van der Waals surface area (Å²) in [5.41, 5.74) is 0. The third-order valence-electron chi connectivity index (χ3n) is 1.26. The highest BCUT2D eigenvalue weighted by Crippen LogP contribution is 2.32. The molecule has 0 aliphatic heterocycles. The van der Waals surface area contributed by atoms with Crippen molar-refractivity contribution in [2.45, 2.75) is 18.5 Å². The number of carbonyl (C=O) groups excluding carboxylic acids is 1. The molecule has 0 radical (unpaired) electrons. The van der Waals surface area contributed by atoms with Crippen LogP contribution in [0, 0.1) is 0 Å². The zero-order valence-corrected chi connectivity index (χ0v) is 8.87. The van der Waals surface area contributed by atoms with Crippen LogP contribution in [0.4, 0.5) is 18.3 Å². The van der Waals surface area contributed by atoms with Gasteiger partial charge in [-0.25, -0.2) is 0 Å². The molecule has 1 heterocycles. The molecule has 1 unspecified atom stereocenters. The Balaban J connectivity index is 2.73. The van der Waals surface area contributed by atoms with E-state index in [9.17, 15) is 18.0 Å². The first-order valence-corrected chi connectivity index (χ1v) is 4.91. The molecule has 84 valence electrons. The molecule has 0 aliphatic carbocycles. The van der Waals surface area contributed by atoms with E-state index >= 15 is 0 Å². The number of alkyl halides is 4. The van der Waals surface area contributed by atoms with Gasteiger partial charge in [0.15, 0.2) is 0 Å². The fourth-order valence-corrected chi connectivity index (χ4v) is 1.26. The highest BCUT2D eigenvalue weighted by Gasteiger charge is 2.35. The Kier molecular flexibility index (Phi) is 3.50. The third-order valence-corrected chi connectivity index (χ3v) is 2.34. The van der Waals surface area contributed by atoms with E-state index in [0.717, 1.165) is 0 Å². The molecule has 0 spiro atoms. The molecule has 0 saturated carbocycles. The van der Waals surface area contributed by atoms with Gasteiger partial charge in [0.2, 0.25) is 16.0 Å². The number of halogens is 4. The van der Waals surface area contributed by atoms with Crippen LogP contribution in [0.3, 0.4) is 0 Å². The third kappa shape index (κ3) is 3.31. The fraction of sp³-hybridized carbons (Fsp3) is 0.500. The summed E-state index contributed by atoms with van der Waals surface area (Å²) in [5, 5.41) is 5.98. The van der Waals surface area contributed by atoms with Gasteiger partial charge in [-0.2, -0.15) is 13.2 Å². The first kappa shape index (κ1) is 12.2. The number of hydrogen-bond acceptors (Lipinski definition) is 4. The maximum absolute atomic E-state index is 12.1. The lowest BCUT2D eigenvalue weighted by Crippen LogP contribution is -2.20. The highest BCUT2D eigenvalue weighted by molar-refractivity contribution is 7.15. The summed E-state index contributed by atoms with van der Waals surface area (Å²) in [4.78, 5) is 11.0. The van der Waals surface area contributed by atoms with Gasteiger partial charge in [0.1, 0.15) is 5.38 Å². The molecule has 1 atom stereocenters. The predicted octanol–water partition coefficient (Wildman–Crippen LogP) is 2.12. The van der Waals surface area contributed by atoms with Crippen molar-refractivity contribution in [1.82, 2.24) is 10.2 Å². The average Bonchev–Trinajstić information content (AvgIpc) is 2.51. The number of hydrogen-bond donors (Lipinski definition) is 1. The molecule has 1 amide bonds. The van der Waals surface area contributed by atoms with E-state index in [1.165, 1.54) is 6.92 Å². The molecule has 9 heteroatoms. The van der Waals surface area contributed by atoms with Gasteiger partial charge in [-0.1, -0.05) is 11.3 Å². The molecule has 0 saturated heterocycles. The number of nitrogens with zero attached hydrogens (tertiary/aromatic N) is 2. The minimum Gasteiger partial charge on any atom is -0.299 e. The second-order valence-electron chi connectivity index (χ2n) is 2.52. The minimum absolute atomic E-state index is 0.222. The van der Waals surface area contributed by atoms with Gasteiger partial charge in [0.05, 0.1) is 0 Å². The van der Waals surface area contributed by atoms with Gasteiger partial charge in [0, 0.05) is 0 Å².